The van der Waals surface area contributed by atoms with E-state index in [0.29, 0.717) is 17.2 Å². The molecule has 26 heavy (non-hydrogen) atoms. The summed E-state index contributed by atoms with van der Waals surface area (Å²) in [6.07, 6.45) is 3.03. The smallest absolute Gasteiger partial charge is 0.251 e. The Balaban J connectivity index is 2.28. The minimum absolute atomic E-state index is 0.0508. The van der Waals surface area contributed by atoms with Crippen LogP contribution in [0.4, 0.5) is 5.69 Å². The molecule has 2 N–H and O–H groups in total. The van der Waals surface area contributed by atoms with Crippen LogP contribution in [0.5, 0.6) is 0 Å². The Morgan fingerprint density at radius 1 is 1.19 bits per heavy atom. The summed E-state index contributed by atoms with van der Waals surface area (Å²) in [7, 11) is -3.40. The van der Waals surface area contributed by atoms with E-state index in [9.17, 15) is 13.2 Å². The number of thiophene rings is 1. The van der Waals surface area contributed by atoms with Gasteiger partial charge in [-0.3, -0.25) is 9.52 Å². The first-order chi connectivity index (χ1) is 12.2. The van der Waals surface area contributed by atoms with Crippen molar-refractivity contribution < 1.29 is 13.2 Å². The number of rotatable bonds is 8. The molecule has 2 rings (SSSR count). The van der Waals surface area contributed by atoms with Crippen molar-refractivity contribution in [1.29, 1.82) is 0 Å². The third-order valence-electron chi connectivity index (χ3n) is 4.45. The van der Waals surface area contributed by atoms with E-state index in [1.807, 2.05) is 17.5 Å². The van der Waals surface area contributed by atoms with Crippen molar-refractivity contribution in [2.75, 3.05) is 11.0 Å². The van der Waals surface area contributed by atoms with E-state index >= 15 is 0 Å². The lowest BCUT2D eigenvalue weighted by Crippen LogP contribution is -2.32. The van der Waals surface area contributed by atoms with Gasteiger partial charge in [0.25, 0.3) is 5.91 Å². The molecule has 1 atom stereocenters. The molecule has 0 saturated carbocycles. The Morgan fingerprint density at radius 2 is 1.88 bits per heavy atom. The highest BCUT2D eigenvalue weighted by Gasteiger charge is 2.24. The quantitative estimate of drug-likeness (QED) is 0.699. The van der Waals surface area contributed by atoms with E-state index in [4.69, 9.17) is 0 Å². The Morgan fingerprint density at radius 3 is 2.42 bits per heavy atom. The molecule has 0 bridgehead atoms. The summed E-state index contributed by atoms with van der Waals surface area (Å²) in [5, 5.41) is 5.15. The van der Waals surface area contributed by atoms with E-state index in [1.165, 1.54) is 0 Å². The molecular formula is C19H26N2O3S2. The van der Waals surface area contributed by atoms with Crippen LogP contribution >= 0.6 is 11.3 Å². The molecule has 1 aromatic heterocycles. The van der Waals surface area contributed by atoms with Gasteiger partial charge in [0, 0.05) is 10.4 Å². The average molecular weight is 395 g/mol. The van der Waals surface area contributed by atoms with Crippen LogP contribution in [0, 0.1) is 12.8 Å². The number of hydrogen-bond acceptors (Lipinski definition) is 4. The third kappa shape index (κ3) is 5.32. The Labute approximate surface area is 159 Å². The highest BCUT2D eigenvalue weighted by atomic mass is 32.2. The molecule has 142 valence electrons. The molecule has 1 aromatic carbocycles. The van der Waals surface area contributed by atoms with Crippen molar-refractivity contribution in [3.8, 4) is 0 Å². The summed E-state index contributed by atoms with van der Waals surface area (Å²) in [6.45, 7) is 6.05. The van der Waals surface area contributed by atoms with Gasteiger partial charge in [-0.25, -0.2) is 8.42 Å². The number of benzene rings is 1. The van der Waals surface area contributed by atoms with Gasteiger partial charge >= 0.3 is 0 Å². The van der Waals surface area contributed by atoms with Crippen LogP contribution in [0.25, 0.3) is 0 Å². The summed E-state index contributed by atoms with van der Waals surface area (Å²) in [6, 6.07) is 9.03. The molecule has 0 saturated heterocycles. The zero-order valence-electron chi connectivity index (χ0n) is 15.6. The molecule has 1 amide bonds. The van der Waals surface area contributed by atoms with E-state index in [0.717, 1.165) is 29.5 Å². The third-order valence-corrected chi connectivity index (χ3v) is 6.00. The second-order valence-corrected chi connectivity index (χ2v) is 9.17. The Bertz CT molecular complexity index is 842. The van der Waals surface area contributed by atoms with Crippen molar-refractivity contribution in [3.05, 3.63) is 51.7 Å². The predicted octanol–water partition coefficient (Wildman–Crippen LogP) is 4.34. The predicted molar refractivity (Wildman–Crippen MR) is 108 cm³/mol. The number of anilines is 1. The van der Waals surface area contributed by atoms with Gasteiger partial charge in [0.15, 0.2) is 0 Å². The molecule has 0 aliphatic heterocycles. The van der Waals surface area contributed by atoms with Crippen LogP contribution in [0.3, 0.4) is 0 Å². The first-order valence-corrected chi connectivity index (χ1v) is 11.4. The zero-order valence-corrected chi connectivity index (χ0v) is 17.2. The van der Waals surface area contributed by atoms with Gasteiger partial charge < -0.3 is 5.32 Å². The number of amides is 1. The highest BCUT2D eigenvalue weighted by molar-refractivity contribution is 7.92. The maximum Gasteiger partial charge on any atom is 0.251 e. The first kappa shape index (κ1) is 20.5. The minimum Gasteiger partial charge on any atom is -0.344 e. The molecule has 1 heterocycles. The van der Waals surface area contributed by atoms with E-state index in [2.05, 4.69) is 23.9 Å². The second kappa shape index (κ2) is 8.68. The molecular weight excluding hydrogens is 368 g/mol. The molecule has 2 aromatic rings. The van der Waals surface area contributed by atoms with Crippen LogP contribution in [0.2, 0.25) is 0 Å². The van der Waals surface area contributed by atoms with E-state index in [1.54, 1.807) is 36.5 Å². The van der Waals surface area contributed by atoms with Gasteiger partial charge in [-0.05, 0) is 42.0 Å². The number of aryl methyl sites for hydroxylation is 1. The monoisotopic (exact) mass is 394 g/mol. The largest absolute Gasteiger partial charge is 0.344 e. The summed E-state index contributed by atoms with van der Waals surface area (Å²) in [5.41, 5.74) is 1.63. The van der Waals surface area contributed by atoms with Gasteiger partial charge in [-0.2, -0.15) is 0 Å². The summed E-state index contributed by atoms with van der Waals surface area (Å²) in [4.78, 5) is 14.0. The fraction of sp³-hybridized carbons (Fsp3) is 0.421. The zero-order chi connectivity index (χ0) is 19.3. The maximum atomic E-state index is 12.8. The van der Waals surface area contributed by atoms with Crippen LogP contribution in [-0.4, -0.2) is 20.6 Å². The van der Waals surface area contributed by atoms with Crippen LogP contribution in [-0.2, 0) is 10.0 Å². The number of hydrogen-bond donors (Lipinski definition) is 2. The maximum absolute atomic E-state index is 12.8. The van der Waals surface area contributed by atoms with Crippen LogP contribution < -0.4 is 10.0 Å². The van der Waals surface area contributed by atoms with Crippen molar-refractivity contribution >= 4 is 33.0 Å². The van der Waals surface area contributed by atoms with Gasteiger partial charge in [-0.1, -0.05) is 38.8 Å². The molecule has 5 nitrogen and oxygen atoms in total. The first-order valence-electron chi connectivity index (χ1n) is 8.67. The standard InChI is InChI=1S/C19H26N2O3S2/c1-5-14(6-2)18(17-8-7-11-25-17)20-19(22)15-10-9-13(3)16(12-15)21-26(4,23)24/h7-12,14,18,21H,5-6H2,1-4H3,(H,20,22). The van der Waals surface area contributed by atoms with Crippen molar-refractivity contribution in [2.45, 2.75) is 39.7 Å². The lowest BCUT2D eigenvalue weighted by atomic mass is 9.92. The fourth-order valence-electron chi connectivity index (χ4n) is 2.95. The van der Waals surface area contributed by atoms with Crippen LogP contribution in [0.1, 0.15) is 53.5 Å². The molecule has 0 fully saturated rings. The van der Waals surface area contributed by atoms with Gasteiger partial charge in [0.2, 0.25) is 10.0 Å². The molecule has 1 unspecified atom stereocenters. The summed E-state index contributed by atoms with van der Waals surface area (Å²) < 4.78 is 25.5. The normalized spacial score (nSPS) is 12.8. The van der Waals surface area contributed by atoms with Crippen molar-refractivity contribution in [3.63, 3.8) is 0 Å². The number of carbonyl (C=O) groups is 1. The van der Waals surface area contributed by atoms with Gasteiger partial charge in [-0.15, -0.1) is 11.3 Å². The number of nitrogens with one attached hydrogen (secondary N) is 2. The summed E-state index contributed by atoms with van der Waals surface area (Å²) in [5.74, 6) is 0.142. The average Bonchev–Trinajstić information content (AvgIpc) is 3.10. The topological polar surface area (TPSA) is 75.3 Å². The van der Waals surface area contributed by atoms with Gasteiger partial charge in [0.1, 0.15) is 0 Å². The Hall–Kier alpha value is -1.86. The number of carbonyl (C=O) groups excluding carboxylic acids is 1. The molecule has 0 aliphatic carbocycles. The Kier molecular flexibility index (Phi) is 6.83. The minimum atomic E-state index is -3.40. The van der Waals surface area contributed by atoms with E-state index < -0.39 is 10.0 Å². The lowest BCUT2D eigenvalue weighted by molar-refractivity contribution is 0.0920. The molecule has 0 spiro atoms. The molecule has 7 heteroatoms. The van der Waals surface area contributed by atoms with Gasteiger partial charge in [0.05, 0.1) is 18.0 Å². The van der Waals surface area contributed by atoms with Crippen molar-refractivity contribution in [1.82, 2.24) is 5.32 Å². The lowest BCUT2D eigenvalue weighted by Gasteiger charge is -2.25. The summed E-state index contributed by atoms with van der Waals surface area (Å²) >= 11 is 1.63. The number of sulfonamides is 1. The fourth-order valence-corrected chi connectivity index (χ4v) is 4.44. The molecule has 0 radical (unpaired) electrons. The van der Waals surface area contributed by atoms with Crippen molar-refractivity contribution in [2.24, 2.45) is 5.92 Å². The van der Waals surface area contributed by atoms with Crippen LogP contribution in [0.15, 0.2) is 35.7 Å². The SMILES string of the molecule is CCC(CC)C(NC(=O)c1ccc(C)c(NS(C)(=O)=O)c1)c1cccs1. The van der Waals surface area contributed by atoms with E-state index in [-0.39, 0.29) is 11.9 Å². The second-order valence-electron chi connectivity index (χ2n) is 6.45. The highest BCUT2D eigenvalue weighted by Crippen LogP contribution is 2.31. The molecule has 0 aliphatic rings.